The van der Waals surface area contributed by atoms with Crippen LogP contribution in [0.3, 0.4) is 0 Å². The number of amides is 1. The molecule has 2 aromatic heterocycles. The van der Waals surface area contributed by atoms with Gasteiger partial charge in [-0.25, -0.2) is 4.98 Å². The van der Waals surface area contributed by atoms with E-state index in [1.54, 1.807) is 11.3 Å². The van der Waals surface area contributed by atoms with Crippen LogP contribution in [0.4, 0.5) is 0 Å². The van der Waals surface area contributed by atoms with Gasteiger partial charge in [0.1, 0.15) is 11.5 Å². The summed E-state index contributed by atoms with van der Waals surface area (Å²) >= 11 is 7.87. The fourth-order valence-electron chi connectivity index (χ4n) is 4.80. The van der Waals surface area contributed by atoms with Gasteiger partial charge in [0, 0.05) is 23.9 Å². The first-order valence-corrected chi connectivity index (χ1v) is 12.0. The summed E-state index contributed by atoms with van der Waals surface area (Å²) < 4.78 is 6.07. The predicted octanol–water partition coefficient (Wildman–Crippen LogP) is 5.32. The second kappa shape index (κ2) is 8.41. The van der Waals surface area contributed by atoms with Gasteiger partial charge in [-0.05, 0) is 62.0 Å². The molecule has 0 N–H and O–H groups in total. The van der Waals surface area contributed by atoms with Crippen LogP contribution in [0.15, 0.2) is 51.7 Å². The van der Waals surface area contributed by atoms with Crippen molar-refractivity contribution in [3.05, 3.63) is 63.8 Å². The molecule has 2 aliphatic rings. The molecule has 5 rings (SSSR count). The molecule has 1 spiro atoms. The lowest BCUT2D eigenvalue weighted by Crippen LogP contribution is -2.37. The van der Waals surface area contributed by atoms with Gasteiger partial charge in [-0.1, -0.05) is 23.7 Å². The highest BCUT2D eigenvalue weighted by molar-refractivity contribution is 7.07. The Labute approximate surface area is 191 Å². The second-order valence-electron chi connectivity index (χ2n) is 8.82. The van der Waals surface area contributed by atoms with Crippen LogP contribution in [0, 0.1) is 11.3 Å². The predicted molar refractivity (Wildman–Crippen MR) is 123 cm³/mol. The van der Waals surface area contributed by atoms with E-state index in [0.717, 1.165) is 61.7 Å². The number of carbonyl (C=O) groups is 1. The Morgan fingerprint density at radius 1 is 1.29 bits per heavy atom. The zero-order valence-corrected chi connectivity index (χ0v) is 19.2. The summed E-state index contributed by atoms with van der Waals surface area (Å²) in [7, 11) is 1.90. The first kappa shape index (κ1) is 20.7. The Hall–Kier alpha value is -2.15. The second-order valence-corrected chi connectivity index (χ2v) is 9.94. The van der Waals surface area contributed by atoms with Gasteiger partial charge in [0.25, 0.3) is 0 Å². The van der Waals surface area contributed by atoms with E-state index in [2.05, 4.69) is 9.88 Å². The molecule has 3 heterocycles. The fourth-order valence-corrected chi connectivity index (χ4v) is 5.58. The van der Waals surface area contributed by atoms with E-state index < -0.39 is 0 Å². The number of aromatic nitrogens is 1. The number of thiazole rings is 1. The summed E-state index contributed by atoms with van der Waals surface area (Å²) in [6, 6.07) is 11.8. The summed E-state index contributed by atoms with van der Waals surface area (Å²) in [5.74, 6) is 2.22. The first-order valence-electron chi connectivity index (χ1n) is 10.7. The van der Waals surface area contributed by atoms with Gasteiger partial charge >= 0.3 is 0 Å². The monoisotopic (exact) mass is 455 g/mol. The summed E-state index contributed by atoms with van der Waals surface area (Å²) in [6.07, 6.45) is 3.18. The van der Waals surface area contributed by atoms with Gasteiger partial charge in [-0.15, -0.1) is 11.3 Å². The Morgan fingerprint density at radius 2 is 2.10 bits per heavy atom. The van der Waals surface area contributed by atoms with Crippen molar-refractivity contribution in [1.82, 2.24) is 14.8 Å². The first-order chi connectivity index (χ1) is 15.0. The molecule has 1 aliphatic carbocycles. The molecule has 5 nitrogen and oxygen atoms in total. The van der Waals surface area contributed by atoms with Crippen molar-refractivity contribution in [2.75, 3.05) is 20.1 Å². The maximum absolute atomic E-state index is 12.9. The normalized spacial score (nSPS) is 20.1. The van der Waals surface area contributed by atoms with E-state index in [1.807, 2.05) is 59.2 Å². The van der Waals surface area contributed by atoms with Gasteiger partial charge in [0.05, 0.1) is 29.3 Å². The third-order valence-corrected chi connectivity index (χ3v) is 7.74. The van der Waals surface area contributed by atoms with E-state index in [4.69, 9.17) is 16.0 Å². The lowest BCUT2D eigenvalue weighted by molar-refractivity contribution is -0.133. The third kappa shape index (κ3) is 4.29. The molecular formula is C24H26ClN3O2S. The van der Waals surface area contributed by atoms with Crippen LogP contribution in [0.2, 0.25) is 5.02 Å². The highest BCUT2D eigenvalue weighted by atomic mass is 35.5. The molecule has 7 heteroatoms. The van der Waals surface area contributed by atoms with Crippen LogP contribution in [0.25, 0.3) is 11.3 Å². The zero-order chi connectivity index (χ0) is 21.4. The van der Waals surface area contributed by atoms with Crippen LogP contribution in [-0.4, -0.2) is 40.8 Å². The minimum absolute atomic E-state index is 0.175. The molecule has 0 bridgehead atoms. The summed E-state index contributed by atoms with van der Waals surface area (Å²) in [5.41, 5.74) is 3.92. The van der Waals surface area contributed by atoms with Gasteiger partial charge in [0.2, 0.25) is 5.91 Å². The van der Waals surface area contributed by atoms with Crippen LogP contribution < -0.4 is 0 Å². The number of piperidine rings is 1. The van der Waals surface area contributed by atoms with E-state index >= 15 is 0 Å². The van der Waals surface area contributed by atoms with Crippen molar-refractivity contribution in [2.24, 2.45) is 11.3 Å². The molecular weight excluding hydrogens is 430 g/mol. The topological polar surface area (TPSA) is 49.6 Å². The molecule has 0 unspecified atom stereocenters. The Kier molecular flexibility index (Phi) is 5.63. The SMILES string of the molecule is CN(Cc1cscn1)C(=O)[C@H]1CC12CCN(Cc1ccc(-c3ccccc3Cl)o1)CC2. The number of rotatable bonds is 6. The molecule has 2 fully saturated rings. The van der Waals surface area contributed by atoms with Crippen molar-refractivity contribution in [3.8, 4) is 11.3 Å². The molecule has 1 aromatic carbocycles. The average molecular weight is 456 g/mol. The fraction of sp³-hybridized carbons (Fsp3) is 0.417. The quantitative estimate of drug-likeness (QED) is 0.505. The van der Waals surface area contributed by atoms with Crippen molar-refractivity contribution < 1.29 is 9.21 Å². The number of benzene rings is 1. The number of halogens is 1. The Morgan fingerprint density at radius 3 is 2.84 bits per heavy atom. The molecule has 1 amide bonds. The van der Waals surface area contributed by atoms with Gasteiger partial charge in [-0.3, -0.25) is 9.69 Å². The van der Waals surface area contributed by atoms with E-state index in [1.165, 1.54) is 0 Å². The van der Waals surface area contributed by atoms with Gasteiger partial charge in [0.15, 0.2) is 0 Å². The molecule has 31 heavy (non-hydrogen) atoms. The van der Waals surface area contributed by atoms with Crippen LogP contribution >= 0.6 is 22.9 Å². The summed E-state index contributed by atoms with van der Waals surface area (Å²) in [6.45, 7) is 3.40. The Bertz CT molecular complexity index is 1060. The summed E-state index contributed by atoms with van der Waals surface area (Å²) in [5, 5.41) is 2.71. The van der Waals surface area contributed by atoms with E-state index in [9.17, 15) is 4.79 Å². The number of nitrogens with zero attached hydrogens (tertiary/aromatic N) is 3. The molecule has 0 radical (unpaired) electrons. The standard InChI is InChI=1S/C24H26ClN3O2S/c1-27(13-17-15-31-16-26-17)23(29)20-12-24(20)8-10-28(11-9-24)14-18-6-7-22(30-18)19-4-2-3-5-21(19)25/h2-7,15-16,20H,8-14H2,1H3/t20-/m1/s1. The van der Waals surface area contributed by atoms with E-state index in [-0.39, 0.29) is 17.2 Å². The Balaban J connectivity index is 1.14. The van der Waals surface area contributed by atoms with Gasteiger partial charge < -0.3 is 9.32 Å². The third-order valence-electron chi connectivity index (χ3n) is 6.78. The molecule has 162 valence electrons. The molecule has 1 saturated heterocycles. The largest absolute Gasteiger partial charge is 0.460 e. The highest BCUT2D eigenvalue weighted by Gasteiger charge is 2.59. The van der Waals surface area contributed by atoms with Gasteiger partial charge in [-0.2, -0.15) is 0 Å². The maximum Gasteiger partial charge on any atom is 0.226 e. The minimum atomic E-state index is 0.175. The van der Waals surface area contributed by atoms with Crippen molar-refractivity contribution in [3.63, 3.8) is 0 Å². The van der Waals surface area contributed by atoms with Crippen molar-refractivity contribution in [2.45, 2.75) is 32.4 Å². The highest BCUT2D eigenvalue weighted by Crippen LogP contribution is 2.60. The number of likely N-dealkylation sites (tertiary alicyclic amines) is 1. The number of hydrogen-bond acceptors (Lipinski definition) is 5. The zero-order valence-electron chi connectivity index (χ0n) is 17.6. The summed E-state index contributed by atoms with van der Waals surface area (Å²) in [4.78, 5) is 21.5. The lowest BCUT2D eigenvalue weighted by Gasteiger charge is -2.32. The minimum Gasteiger partial charge on any atom is -0.460 e. The molecule has 1 aliphatic heterocycles. The average Bonchev–Trinajstić information content (AvgIpc) is 3.12. The smallest absolute Gasteiger partial charge is 0.226 e. The molecule has 1 atom stereocenters. The number of carbonyl (C=O) groups excluding carboxylic acids is 1. The molecule has 3 aromatic rings. The van der Waals surface area contributed by atoms with Crippen LogP contribution in [0.1, 0.15) is 30.7 Å². The van der Waals surface area contributed by atoms with Crippen LogP contribution in [0.5, 0.6) is 0 Å². The number of hydrogen-bond donors (Lipinski definition) is 0. The van der Waals surface area contributed by atoms with Crippen molar-refractivity contribution in [1.29, 1.82) is 0 Å². The van der Waals surface area contributed by atoms with Crippen LogP contribution in [-0.2, 0) is 17.9 Å². The van der Waals surface area contributed by atoms with Crippen molar-refractivity contribution >= 4 is 28.8 Å². The molecule has 1 saturated carbocycles. The number of furan rings is 1. The maximum atomic E-state index is 12.9. The lowest BCUT2D eigenvalue weighted by atomic mass is 9.90. The van der Waals surface area contributed by atoms with E-state index in [0.29, 0.717) is 11.6 Å².